The highest BCUT2D eigenvalue weighted by Crippen LogP contribution is 2.29. The van der Waals surface area contributed by atoms with Crippen LogP contribution >= 0.6 is 34.8 Å². The van der Waals surface area contributed by atoms with Crippen LogP contribution in [0, 0.1) is 10.1 Å². The van der Waals surface area contributed by atoms with Gasteiger partial charge in [0, 0.05) is 42.3 Å². The van der Waals surface area contributed by atoms with Gasteiger partial charge in [0.25, 0.3) is 11.6 Å². The number of nitro benzene ring substituents is 1. The number of hydrogen-bond acceptors (Lipinski definition) is 5. The molecule has 0 saturated carbocycles. The van der Waals surface area contributed by atoms with Gasteiger partial charge in [-0.2, -0.15) is 4.31 Å². The van der Waals surface area contributed by atoms with Crippen LogP contribution in [0.25, 0.3) is 0 Å². The summed E-state index contributed by atoms with van der Waals surface area (Å²) in [5.74, 6) is -0.586. The molecule has 1 aliphatic heterocycles. The third-order valence-corrected chi connectivity index (χ3v) is 7.27. The summed E-state index contributed by atoms with van der Waals surface area (Å²) in [7, 11) is -3.91. The molecule has 154 valence electrons. The molecule has 1 amide bonds. The number of sulfonamides is 1. The molecule has 1 fully saturated rings. The topological polar surface area (TPSA) is 101 Å². The van der Waals surface area contributed by atoms with Gasteiger partial charge in [-0.3, -0.25) is 14.9 Å². The third kappa shape index (κ3) is 4.49. The third-order valence-electron chi connectivity index (χ3n) is 4.42. The largest absolute Gasteiger partial charge is 0.336 e. The van der Waals surface area contributed by atoms with Crippen LogP contribution in [0.2, 0.25) is 15.1 Å². The van der Waals surface area contributed by atoms with Gasteiger partial charge in [0.15, 0.2) is 0 Å². The monoisotopic (exact) mass is 477 g/mol. The molecular formula is C17H14Cl3N3O5S. The minimum absolute atomic E-state index is 0.00524. The molecular weight excluding hydrogens is 465 g/mol. The Morgan fingerprint density at radius 2 is 1.55 bits per heavy atom. The van der Waals surface area contributed by atoms with Crippen LogP contribution in [0.4, 0.5) is 5.69 Å². The van der Waals surface area contributed by atoms with Crippen LogP contribution in [-0.2, 0) is 10.0 Å². The molecule has 3 rings (SSSR count). The van der Waals surface area contributed by atoms with Crippen molar-refractivity contribution in [1.82, 2.24) is 9.21 Å². The first-order chi connectivity index (χ1) is 13.6. The molecule has 2 aromatic rings. The molecule has 29 heavy (non-hydrogen) atoms. The zero-order valence-corrected chi connectivity index (χ0v) is 17.8. The van der Waals surface area contributed by atoms with Crippen LogP contribution in [0.5, 0.6) is 0 Å². The zero-order chi connectivity index (χ0) is 21.3. The van der Waals surface area contributed by atoms with Gasteiger partial charge in [0.05, 0.1) is 9.95 Å². The van der Waals surface area contributed by atoms with E-state index >= 15 is 0 Å². The lowest BCUT2D eigenvalue weighted by atomic mass is 10.1. The van der Waals surface area contributed by atoms with Gasteiger partial charge in [-0.1, -0.05) is 34.8 Å². The van der Waals surface area contributed by atoms with E-state index in [1.807, 2.05) is 0 Å². The predicted molar refractivity (Wildman–Crippen MR) is 109 cm³/mol. The number of carbonyl (C=O) groups is 1. The average Bonchev–Trinajstić information content (AvgIpc) is 2.69. The van der Waals surface area contributed by atoms with Gasteiger partial charge in [-0.25, -0.2) is 8.42 Å². The summed E-state index contributed by atoms with van der Waals surface area (Å²) in [6.07, 6.45) is 0. The highest BCUT2D eigenvalue weighted by molar-refractivity contribution is 7.89. The minimum Gasteiger partial charge on any atom is -0.336 e. The van der Waals surface area contributed by atoms with Crippen LogP contribution in [0.15, 0.2) is 41.3 Å². The number of halogens is 3. The SMILES string of the molecule is O=C(c1cc(Cl)ccc1[N+](=O)[O-])N1CCN(S(=O)(=O)c2cc(Cl)ccc2Cl)CC1. The molecule has 0 aliphatic carbocycles. The first-order valence-electron chi connectivity index (χ1n) is 8.29. The van der Waals surface area contributed by atoms with Crippen molar-refractivity contribution < 1.29 is 18.1 Å². The molecule has 0 bridgehead atoms. The quantitative estimate of drug-likeness (QED) is 0.492. The number of nitrogens with zero attached hydrogens (tertiary/aromatic N) is 3. The zero-order valence-electron chi connectivity index (χ0n) is 14.7. The van der Waals surface area contributed by atoms with Crippen LogP contribution in [0.3, 0.4) is 0 Å². The fourth-order valence-electron chi connectivity index (χ4n) is 2.95. The van der Waals surface area contributed by atoms with E-state index in [4.69, 9.17) is 34.8 Å². The summed E-state index contributed by atoms with van der Waals surface area (Å²) in [6.45, 7) is 0.121. The summed E-state index contributed by atoms with van der Waals surface area (Å²) >= 11 is 17.8. The Bertz CT molecular complexity index is 1090. The van der Waals surface area contributed by atoms with Gasteiger partial charge < -0.3 is 4.90 Å². The highest BCUT2D eigenvalue weighted by Gasteiger charge is 2.33. The Labute approximate surface area is 181 Å². The highest BCUT2D eigenvalue weighted by atomic mass is 35.5. The second kappa shape index (κ2) is 8.45. The van der Waals surface area contributed by atoms with E-state index < -0.39 is 20.9 Å². The normalized spacial score (nSPS) is 15.3. The van der Waals surface area contributed by atoms with Gasteiger partial charge in [-0.15, -0.1) is 0 Å². The molecule has 0 atom stereocenters. The maximum absolute atomic E-state index is 12.9. The molecule has 1 aliphatic rings. The molecule has 2 aromatic carbocycles. The molecule has 0 aromatic heterocycles. The molecule has 1 heterocycles. The summed E-state index contributed by atoms with van der Waals surface area (Å²) in [4.78, 5) is 24.5. The maximum Gasteiger partial charge on any atom is 0.282 e. The second-order valence-corrected chi connectivity index (χ2v) is 9.38. The van der Waals surface area contributed by atoms with E-state index in [-0.39, 0.29) is 57.4 Å². The van der Waals surface area contributed by atoms with Crippen molar-refractivity contribution in [1.29, 1.82) is 0 Å². The van der Waals surface area contributed by atoms with E-state index in [0.717, 1.165) is 6.07 Å². The van der Waals surface area contributed by atoms with Gasteiger partial charge >= 0.3 is 0 Å². The summed E-state index contributed by atoms with van der Waals surface area (Å²) in [5.41, 5.74) is -0.503. The van der Waals surface area contributed by atoms with Crippen molar-refractivity contribution in [3.05, 3.63) is 67.1 Å². The van der Waals surface area contributed by atoms with Crippen molar-refractivity contribution in [3.8, 4) is 0 Å². The lowest BCUT2D eigenvalue weighted by molar-refractivity contribution is -0.385. The smallest absolute Gasteiger partial charge is 0.282 e. The Morgan fingerprint density at radius 3 is 2.17 bits per heavy atom. The number of piperazine rings is 1. The number of rotatable bonds is 4. The van der Waals surface area contributed by atoms with Gasteiger partial charge in [0.1, 0.15) is 10.5 Å². The van der Waals surface area contributed by atoms with Crippen molar-refractivity contribution in [2.45, 2.75) is 4.90 Å². The molecule has 0 N–H and O–H groups in total. The van der Waals surface area contributed by atoms with E-state index in [9.17, 15) is 23.3 Å². The van der Waals surface area contributed by atoms with Crippen molar-refractivity contribution in [2.75, 3.05) is 26.2 Å². The molecule has 12 heteroatoms. The number of amides is 1. The Kier molecular flexibility index (Phi) is 6.35. The van der Waals surface area contributed by atoms with Crippen molar-refractivity contribution in [2.24, 2.45) is 0 Å². The van der Waals surface area contributed by atoms with Gasteiger partial charge in [-0.05, 0) is 30.3 Å². The van der Waals surface area contributed by atoms with E-state index in [1.165, 1.54) is 39.5 Å². The summed E-state index contributed by atoms with van der Waals surface area (Å²) in [5, 5.41) is 11.7. The Balaban J connectivity index is 1.79. The van der Waals surface area contributed by atoms with Crippen LogP contribution < -0.4 is 0 Å². The molecule has 1 saturated heterocycles. The minimum atomic E-state index is -3.91. The van der Waals surface area contributed by atoms with Crippen LogP contribution in [0.1, 0.15) is 10.4 Å². The van der Waals surface area contributed by atoms with E-state index in [0.29, 0.717) is 0 Å². The number of nitro groups is 1. The standard InChI is InChI=1S/C17H14Cl3N3O5S/c18-11-2-4-15(23(25)26)13(9-11)17(24)21-5-7-22(8-6-21)29(27,28)16-10-12(19)1-3-14(16)20/h1-4,9-10H,5-8H2. The number of hydrogen-bond donors (Lipinski definition) is 0. The molecule has 0 unspecified atom stereocenters. The van der Waals surface area contributed by atoms with E-state index in [2.05, 4.69) is 0 Å². The van der Waals surface area contributed by atoms with Crippen molar-refractivity contribution >= 4 is 56.4 Å². The lowest BCUT2D eigenvalue weighted by Gasteiger charge is -2.34. The number of benzene rings is 2. The van der Waals surface area contributed by atoms with Crippen LogP contribution in [-0.4, -0.2) is 54.6 Å². The molecule has 8 nitrogen and oxygen atoms in total. The van der Waals surface area contributed by atoms with Gasteiger partial charge in [0.2, 0.25) is 10.0 Å². The number of carbonyl (C=O) groups excluding carboxylic acids is 1. The fourth-order valence-corrected chi connectivity index (χ4v) is 5.29. The average molecular weight is 479 g/mol. The second-order valence-electron chi connectivity index (χ2n) is 6.19. The predicted octanol–water partition coefficient (Wildman–Crippen LogP) is 3.70. The Morgan fingerprint density at radius 1 is 0.966 bits per heavy atom. The van der Waals surface area contributed by atoms with E-state index in [1.54, 1.807) is 0 Å². The lowest BCUT2D eigenvalue weighted by Crippen LogP contribution is -2.50. The fraction of sp³-hybridized carbons (Fsp3) is 0.235. The Hall–Kier alpha value is -1.91. The summed E-state index contributed by atoms with van der Waals surface area (Å²) in [6, 6.07) is 7.88. The summed E-state index contributed by atoms with van der Waals surface area (Å²) < 4.78 is 26.9. The van der Waals surface area contributed by atoms with Crippen molar-refractivity contribution in [3.63, 3.8) is 0 Å². The first-order valence-corrected chi connectivity index (χ1v) is 10.9. The first kappa shape index (κ1) is 21.8. The molecule has 0 radical (unpaired) electrons. The molecule has 0 spiro atoms. The maximum atomic E-state index is 12.9.